The van der Waals surface area contributed by atoms with Crippen LogP contribution < -0.4 is 5.56 Å². The van der Waals surface area contributed by atoms with Crippen molar-refractivity contribution in [3.63, 3.8) is 0 Å². The lowest BCUT2D eigenvalue weighted by Crippen LogP contribution is -2.39. The lowest BCUT2D eigenvalue weighted by Gasteiger charge is -2.32. The Kier molecular flexibility index (Phi) is 6.04. The number of aromatic nitrogens is 4. The van der Waals surface area contributed by atoms with E-state index in [0.717, 1.165) is 0 Å². The largest absolute Gasteiger partial charge is 0.449 e. The first-order valence-corrected chi connectivity index (χ1v) is 11.6. The molecule has 0 unspecified atom stereocenters. The topological polar surface area (TPSA) is 83.9 Å². The Morgan fingerprint density at radius 3 is 2.43 bits per heavy atom. The standard InChI is InChI=1S/C25H24F3N5O2/c26-25(27,28)24-31-19-7-3-4-8-21(19)33(24)15-16-11-13-32(14-12-16)22(34)10-9-20-23(35)30-18-6-2-1-5-17(18)29-20/h1-8,16H,9-15H2,(H,30,35). The zero-order valence-electron chi connectivity index (χ0n) is 18.9. The lowest BCUT2D eigenvalue weighted by molar-refractivity contribution is -0.147. The molecule has 0 atom stereocenters. The van der Waals surface area contributed by atoms with Gasteiger partial charge in [-0.3, -0.25) is 9.59 Å². The van der Waals surface area contributed by atoms with Crippen LogP contribution in [-0.2, 0) is 23.9 Å². The van der Waals surface area contributed by atoms with Crippen molar-refractivity contribution in [3.05, 3.63) is 70.4 Å². The number of halogens is 3. The third-order valence-corrected chi connectivity index (χ3v) is 6.56. The number of imidazole rings is 1. The summed E-state index contributed by atoms with van der Waals surface area (Å²) in [6.07, 6.45) is -2.95. The molecule has 2 aromatic carbocycles. The van der Waals surface area contributed by atoms with E-state index in [1.807, 2.05) is 12.1 Å². The van der Waals surface area contributed by atoms with E-state index in [-0.39, 0.29) is 36.8 Å². The number of carbonyl (C=O) groups is 1. The number of alkyl halides is 3. The summed E-state index contributed by atoms with van der Waals surface area (Å²) < 4.78 is 42.0. The average Bonchev–Trinajstić information content (AvgIpc) is 3.22. The molecule has 182 valence electrons. The maximum atomic E-state index is 13.6. The molecule has 1 N–H and O–H groups in total. The molecule has 1 fully saturated rings. The molecule has 0 aliphatic carbocycles. The van der Waals surface area contributed by atoms with Crippen LogP contribution >= 0.6 is 0 Å². The van der Waals surface area contributed by atoms with Crippen molar-refractivity contribution >= 4 is 28.0 Å². The predicted molar refractivity (Wildman–Crippen MR) is 125 cm³/mol. The van der Waals surface area contributed by atoms with Crippen LogP contribution in [0.3, 0.4) is 0 Å². The second-order valence-electron chi connectivity index (χ2n) is 8.89. The predicted octanol–water partition coefficient (Wildman–Crippen LogP) is 4.16. The molecular weight excluding hydrogens is 459 g/mol. The SMILES string of the molecule is O=C(CCc1nc2ccccc2[nH]c1=O)N1CCC(Cn2c(C(F)(F)F)nc3ccccc32)CC1. The van der Waals surface area contributed by atoms with Gasteiger partial charge in [-0.1, -0.05) is 24.3 Å². The number of H-pyrrole nitrogens is 1. The highest BCUT2D eigenvalue weighted by Crippen LogP contribution is 2.33. The molecule has 1 saturated heterocycles. The number of nitrogens with one attached hydrogen (secondary N) is 1. The van der Waals surface area contributed by atoms with Gasteiger partial charge in [-0.15, -0.1) is 0 Å². The van der Waals surface area contributed by atoms with Crippen LogP contribution in [0.25, 0.3) is 22.1 Å². The number of rotatable bonds is 5. The van der Waals surface area contributed by atoms with E-state index in [1.165, 1.54) is 4.57 Å². The van der Waals surface area contributed by atoms with E-state index >= 15 is 0 Å². The number of nitrogens with zero attached hydrogens (tertiary/aromatic N) is 4. The summed E-state index contributed by atoms with van der Waals surface area (Å²) in [5.41, 5.74) is 2.12. The maximum absolute atomic E-state index is 13.6. The van der Waals surface area contributed by atoms with Crippen LogP contribution in [0.15, 0.2) is 53.3 Å². The van der Waals surface area contributed by atoms with Gasteiger partial charge in [0.15, 0.2) is 0 Å². The first-order chi connectivity index (χ1) is 16.8. The Bertz CT molecular complexity index is 1430. The van der Waals surface area contributed by atoms with Crippen LogP contribution in [-0.4, -0.2) is 43.4 Å². The Morgan fingerprint density at radius 2 is 1.69 bits per heavy atom. The minimum atomic E-state index is -4.54. The van der Waals surface area contributed by atoms with Crippen LogP contribution in [0.4, 0.5) is 13.2 Å². The summed E-state index contributed by atoms with van der Waals surface area (Å²) in [6, 6.07) is 13.8. The van der Waals surface area contributed by atoms with Gasteiger partial charge in [0.25, 0.3) is 5.56 Å². The molecule has 1 aliphatic heterocycles. The highest BCUT2D eigenvalue weighted by Gasteiger charge is 2.38. The second kappa shape index (κ2) is 9.16. The number of piperidine rings is 1. The molecule has 1 amide bonds. The van der Waals surface area contributed by atoms with Gasteiger partial charge >= 0.3 is 6.18 Å². The Morgan fingerprint density at radius 1 is 1.00 bits per heavy atom. The molecule has 0 bridgehead atoms. The Hall–Kier alpha value is -3.69. The Balaban J connectivity index is 1.21. The van der Waals surface area contributed by atoms with Gasteiger partial charge in [0, 0.05) is 32.5 Å². The molecule has 3 heterocycles. The van der Waals surface area contributed by atoms with Gasteiger partial charge in [-0.05, 0) is 43.0 Å². The first-order valence-electron chi connectivity index (χ1n) is 11.6. The van der Waals surface area contributed by atoms with Gasteiger partial charge < -0.3 is 14.5 Å². The molecule has 0 spiro atoms. The molecule has 10 heteroatoms. The molecule has 0 radical (unpaired) electrons. The number of para-hydroxylation sites is 4. The molecular formula is C25H24F3N5O2. The van der Waals surface area contributed by atoms with Gasteiger partial charge in [-0.25, -0.2) is 9.97 Å². The zero-order valence-corrected chi connectivity index (χ0v) is 18.9. The molecule has 35 heavy (non-hydrogen) atoms. The first kappa shape index (κ1) is 23.1. The Labute approximate surface area is 198 Å². The fourth-order valence-corrected chi connectivity index (χ4v) is 4.72. The van der Waals surface area contributed by atoms with Crippen LogP contribution in [0.5, 0.6) is 0 Å². The summed E-state index contributed by atoms with van der Waals surface area (Å²) in [7, 11) is 0. The van der Waals surface area contributed by atoms with E-state index in [4.69, 9.17) is 0 Å². The molecule has 7 nitrogen and oxygen atoms in total. The molecule has 1 aliphatic rings. The summed E-state index contributed by atoms with van der Waals surface area (Å²) in [4.78, 5) is 37.7. The number of benzene rings is 2. The van der Waals surface area contributed by atoms with Crippen molar-refractivity contribution in [2.45, 2.75) is 38.4 Å². The molecule has 2 aromatic heterocycles. The third-order valence-electron chi connectivity index (χ3n) is 6.56. The summed E-state index contributed by atoms with van der Waals surface area (Å²) in [6.45, 7) is 1.14. The highest BCUT2D eigenvalue weighted by atomic mass is 19.4. The lowest BCUT2D eigenvalue weighted by atomic mass is 9.96. The van der Waals surface area contributed by atoms with Gasteiger partial charge in [-0.2, -0.15) is 13.2 Å². The third kappa shape index (κ3) is 4.78. The summed E-state index contributed by atoms with van der Waals surface area (Å²) in [5, 5.41) is 0. The van der Waals surface area contributed by atoms with Crippen molar-refractivity contribution < 1.29 is 18.0 Å². The maximum Gasteiger partial charge on any atom is 0.449 e. The van der Waals surface area contributed by atoms with Crippen molar-refractivity contribution in [1.82, 2.24) is 24.4 Å². The fourth-order valence-electron chi connectivity index (χ4n) is 4.72. The summed E-state index contributed by atoms with van der Waals surface area (Å²) >= 11 is 0. The summed E-state index contributed by atoms with van der Waals surface area (Å²) in [5.74, 6) is -0.963. The van der Waals surface area contributed by atoms with Crippen LogP contribution in [0.2, 0.25) is 0 Å². The number of fused-ring (bicyclic) bond motifs is 2. The van der Waals surface area contributed by atoms with Crippen molar-refractivity contribution in [2.75, 3.05) is 13.1 Å². The fraction of sp³-hybridized carbons (Fsp3) is 0.360. The second-order valence-corrected chi connectivity index (χ2v) is 8.89. The number of hydrogen-bond donors (Lipinski definition) is 1. The van der Waals surface area contributed by atoms with Gasteiger partial charge in [0.1, 0.15) is 5.69 Å². The number of aryl methyl sites for hydroxylation is 1. The van der Waals surface area contributed by atoms with Crippen molar-refractivity contribution in [3.8, 4) is 0 Å². The zero-order chi connectivity index (χ0) is 24.6. The smallest absolute Gasteiger partial charge is 0.343 e. The van der Waals surface area contributed by atoms with Gasteiger partial charge in [0.2, 0.25) is 11.7 Å². The van der Waals surface area contributed by atoms with E-state index < -0.39 is 12.0 Å². The highest BCUT2D eigenvalue weighted by molar-refractivity contribution is 5.77. The van der Waals surface area contributed by atoms with E-state index in [2.05, 4.69) is 15.0 Å². The minimum absolute atomic E-state index is 0.00255. The van der Waals surface area contributed by atoms with Crippen molar-refractivity contribution in [2.24, 2.45) is 5.92 Å². The average molecular weight is 483 g/mol. The molecule has 4 aromatic rings. The molecule has 5 rings (SSSR count). The normalized spacial score (nSPS) is 15.2. The van der Waals surface area contributed by atoms with Crippen LogP contribution in [0.1, 0.15) is 30.8 Å². The van der Waals surface area contributed by atoms with Crippen LogP contribution in [0, 0.1) is 5.92 Å². The van der Waals surface area contributed by atoms with E-state index in [9.17, 15) is 22.8 Å². The monoisotopic (exact) mass is 483 g/mol. The quantitative estimate of drug-likeness (QED) is 0.462. The number of carbonyl (C=O) groups excluding carboxylic acids is 1. The minimum Gasteiger partial charge on any atom is -0.343 e. The number of likely N-dealkylation sites (tertiary alicyclic amines) is 1. The van der Waals surface area contributed by atoms with Crippen molar-refractivity contribution in [1.29, 1.82) is 0 Å². The van der Waals surface area contributed by atoms with E-state index in [0.29, 0.717) is 53.7 Å². The number of amides is 1. The van der Waals surface area contributed by atoms with E-state index in [1.54, 1.807) is 41.3 Å². The number of hydrogen-bond acceptors (Lipinski definition) is 4. The molecule has 0 saturated carbocycles. The van der Waals surface area contributed by atoms with Gasteiger partial charge in [0.05, 0.1) is 22.1 Å². The number of aromatic amines is 1.